The van der Waals surface area contributed by atoms with Crippen molar-refractivity contribution in [2.75, 3.05) is 13.1 Å². The normalized spacial score (nSPS) is 23.9. The van der Waals surface area contributed by atoms with E-state index < -0.39 is 0 Å². The molecule has 1 aliphatic carbocycles. The molecule has 5 nitrogen and oxygen atoms in total. The largest absolute Gasteiger partial charge is 0.352 e. The van der Waals surface area contributed by atoms with Crippen molar-refractivity contribution in [1.82, 2.24) is 15.2 Å². The fraction of sp³-hybridized carbons (Fsp3) is 0.381. The highest BCUT2D eigenvalue weighted by atomic mass is 16.2. The van der Waals surface area contributed by atoms with Crippen LogP contribution in [0.3, 0.4) is 0 Å². The van der Waals surface area contributed by atoms with Crippen molar-refractivity contribution in [3.05, 3.63) is 65.5 Å². The first-order valence-corrected chi connectivity index (χ1v) is 9.10. The fourth-order valence-corrected chi connectivity index (χ4v) is 4.01. The van der Waals surface area contributed by atoms with E-state index in [1.165, 1.54) is 0 Å². The monoisotopic (exact) mass is 349 g/mol. The molecule has 1 aromatic carbocycles. The average Bonchev–Trinajstić information content (AvgIpc) is 3.20. The van der Waals surface area contributed by atoms with E-state index in [0.29, 0.717) is 13.1 Å². The van der Waals surface area contributed by atoms with Gasteiger partial charge in [-0.2, -0.15) is 0 Å². The van der Waals surface area contributed by atoms with Gasteiger partial charge < -0.3 is 10.2 Å². The van der Waals surface area contributed by atoms with E-state index >= 15 is 0 Å². The number of nitrogens with one attached hydrogen (secondary N) is 1. The van der Waals surface area contributed by atoms with Crippen molar-refractivity contribution in [3.8, 4) is 0 Å². The highest BCUT2D eigenvalue weighted by Crippen LogP contribution is 2.58. The van der Waals surface area contributed by atoms with E-state index in [1.54, 1.807) is 12.4 Å². The minimum absolute atomic E-state index is 0.0154. The molecule has 1 N–H and O–H groups in total. The van der Waals surface area contributed by atoms with E-state index in [1.807, 2.05) is 48.2 Å². The minimum atomic E-state index is -0.0154. The standard InChI is InChI=1S/C21H23N3O2/c1-15-4-2-6-17(10-15)20(26)24-9-7-21(14-24)11-18(21)19(25)23-13-16-5-3-8-22-12-16/h2-6,8,10,12,18H,7,9,11,13-14H2,1H3,(H,23,25). The third kappa shape index (κ3) is 3.21. The molecule has 0 bridgehead atoms. The lowest BCUT2D eigenvalue weighted by Gasteiger charge is -2.17. The first-order chi connectivity index (χ1) is 12.6. The molecule has 2 fully saturated rings. The number of rotatable bonds is 4. The van der Waals surface area contributed by atoms with Gasteiger partial charge in [-0.3, -0.25) is 14.6 Å². The molecule has 1 aromatic heterocycles. The Morgan fingerprint density at radius 1 is 1.31 bits per heavy atom. The third-order valence-electron chi connectivity index (χ3n) is 5.63. The molecule has 2 amide bonds. The molecule has 5 heteroatoms. The molecular weight excluding hydrogens is 326 g/mol. The number of nitrogens with zero attached hydrogens (tertiary/aromatic N) is 2. The number of carbonyl (C=O) groups excluding carboxylic acids is 2. The zero-order chi connectivity index (χ0) is 18.1. The molecule has 0 radical (unpaired) electrons. The Morgan fingerprint density at radius 2 is 2.19 bits per heavy atom. The van der Waals surface area contributed by atoms with Gasteiger partial charge in [0.2, 0.25) is 5.91 Å². The number of aromatic nitrogens is 1. The van der Waals surface area contributed by atoms with E-state index in [-0.39, 0.29) is 23.1 Å². The summed E-state index contributed by atoms with van der Waals surface area (Å²) in [6, 6.07) is 11.5. The molecule has 26 heavy (non-hydrogen) atoms. The Kier molecular flexibility index (Phi) is 4.23. The van der Waals surface area contributed by atoms with Crippen LogP contribution in [0.4, 0.5) is 0 Å². The molecule has 2 aliphatic rings. The van der Waals surface area contributed by atoms with Crippen molar-refractivity contribution in [2.45, 2.75) is 26.3 Å². The number of benzene rings is 1. The molecule has 2 aromatic rings. The minimum Gasteiger partial charge on any atom is -0.352 e. The second kappa shape index (κ2) is 6.56. The first kappa shape index (κ1) is 16.8. The van der Waals surface area contributed by atoms with Crippen LogP contribution in [0.2, 0.25) is 0 Å². The number of hydrogen-bond acceptors (Lipinski definition) is 3. The lowest BCUT2D eigenvalue weighted by Crippen LogP contribution is -2.31. The van der Waals surface area contributed by atoms with Gasteiger partial charge in [-0.15, -0.1) is 0 Å². The van der Waals surface area contributed by atoms with Crippen molar-refractivity contribution >= 4 is 11.8 Å². The Bertz CT molecular complexity index is 836. The van der Waals surface area contributed by atoms with Crippen LogP contribution in [0, 0.1) is 18.3 Å². The van der Waals surface area contributed by atoms with Crippen LogP contribution in [-0.2, 0) is 11.3 Å². The third-order valence-corrected chi connectivity index (χ3v) is 5.63. The first-order valence-electron chi connectivity index (χ1n) is 9.10. The Morgan fingerprint density at radius 3 is 2.96 bits per heavy atom. The van der Waals surface area contributed by atoms with Crippen LogP contribution in [0.15, 0.2) is 48.8 Å². The molecular formula is C21H23N3O2. The summed E-state index contributed by atoms with van der Waals surface area (Å²) < 4.78 is 0. The average molecular weight is 349 g/mol. The summed E-state index contributed by atoms with van der Waals surface area (Å²) in [6.07, 6.45) is 5.28. The highest BCUT2D eigenvalue weighted by Gasteiger charge is 2.61. The van der Waals surface area contributed by atoms with Crippen LogP contribution >= 0.6 is 0 Å². The van der Waals surface area contributed by atoms with Crippen molar-refractivity contribution < 1.29 is 9.59 Å². The Hall–Kier alpha value is -2.69. The summed E-state index contributed by atoms with van der Waals surface area (Å²) in [7, 11) is 0. The quantitative estimate of drug-likeness (QED) is 0.923. The number of hydrogen-bond donors (Lipinski definition) is 1. The predicted octanol–water partition coefficient (Wildman–Crippen LogP) is 2.56. The topological polar surface area (TPSA) is 62.3 Å². The fourth-order valence-electron chi connectivity index (χ4n) is 4.01. The van der Waals surface area contributed by atoms with Gasteiger partial charge in [-0.25, -0.2) is 0 Å². The van der Waals surface area contributed by atoms with Gasteiger partial charge in [0.05, 0.1) is 0 Å². The van der Waals surface area contributed by atoms with Gasteiger partial charge >= 0.3 is 0 Å². The van der Waals surface area contributed by atoms with E-state index in [2.05, 4.69) is 10.3 Å². The van der Waals surface area contributed by atoms with Gasteiger partial charge in [-0.05, 0) is 43.5 Å². The van der Waals surface area contributed by atoms with Gasteiger partial charge in [0.15, 0.2) is 0 Å². The lowest BCUT2D eigenvalue weighted by molar-refractivity contribution is -0.123. The number of pyridine rings is 1. The smallest absolute Gasteiger partial charge is 0.253 e. The maximum Gasteiger partial charge on any atom is 0.253 e. The SMILES string of the molecule is Cc1cccc(C(=O)N2CCC3(CC3C(=O)NCc3cccnc3)C2)c1. The van der Waals surface area contributed by atoms with E-state index in [4.69, 9.17) is 0 Å². The second-order valence-corrected chi connectivity index (χ2v) is 7.54. The van der Waals surface area contributed by atoms with Crippen LogP contribution in [-0.4, -0.2) is 34.8 Å². The summed E-state index contributed by atoms with van der Waals surface area (Å²) in [4.78, 5) is 31.2. The summed E-state index contributed by atoms with van der Waals surface area (Å²) in [6.45, 7) is 3.92. The molecule has 1 saturated heterocycles. The molecule has 2 atom stereocenters. The Labute approximate surface area is 153 Å². The van der Waals surface area contributed by atoms with Crippen molar-refractivity contribution in [2.24, 2.45) is 11.3 Å². The van der Waals surface area contributed by atoms with Gasteiger partial charge in [0.25, 0.3) is 5.91 Å². The van der Waals surface area contributed by atoms with Gasteiger partial charge in [0.1, 0.15) is 0 Å². The number of aryl methyl sites for hydroxylation is 1. The summed E-state index contributed by atoms with van der Waals surface area (Å²) in [5.41, 5.74) is 2.81. The molecule has 134 valence electrons. The maximum atomic E-state index is 12.7. The molecule has 1 aliphatic heterocycles. The number of likely N-dealkylation sites (tertiary alicyclic amines) is 1. The summed E-state index contributed by atoms with van der Waals surface area (Å²) in [5, 5.41) is 3.01. The van der Waals surface area contributed by atoms with Gasteiger partial charge in [0, 0.05) is 48.9 Å². The zero-order valence-electron chi connectivity index (χ0n) is 14.9. The maximum absolute atomic E-state index is 12.7. The predicted molar refractivity (Wildman–Crippen MR) is 98.3 cm³/mol. The van der Waals surface area contributed by atoms with E-state index in [9.17, 15) is 9.59 Å². The number of amides is 2. The summed E-state index contributed by atoms with van der Waals surface area (Å²) in [5.74, 6) is 0.195. The van der Waals surface area contributed by atoms with E-state index in [0.717, 1.165) is 36.1 Å². The molecule has 4 rings (SSSR count). The van der Waals surface area contributed by atoms with Crippen LogP contribution < -0.4 is 5.32 Å². The van der Waals surface area contributed by atoms with Crippen LogP contribution in [0.25, 0.3) is 0 Å². The van der Waals surface area contributed by atoms with Crippen molar-refractivity contribution in [3.63, 3.8) is 0 Å². The Balaban J connectivity index is 1.34. The van der Waals surface area contributed by atoms with Crippen LogP contribution in [0.1, 0.15) is 34.3 Å². The molecule has 2 heterocycles. The van der Waals surface area contributed by atoms with Gasteiger partial charge in [-0.1, -0.05) is 23.8 Å². The van der Waals surface area contributed by atoms with Crippen LogP contribution in [0.5, 0.6) is 0 Å². The van der Waals surface area contributed by atoms with Crippen molar-refractivity contribution in [1.29, 1.82) is 0 Å². The highest BCUT2D eigenvalue weighted by molar-refractivity contribution is 5.95. The molecule has 1 saturated carbocycles. The zero-order valence-corrected chi connectivity index (χ0v) is 14.9. The summed E-state index contributed by atoms with van der Waals surface area (Å²) >= 11 is 0. The second-order valence-electron chi connectivity index (χ2n) is 7.54. The number of carbonyl (C=O) groups is 2. The lowest BCUT2D eigenvalue weighted by atomic mass is 10.0. The molecule has 1 spiro atoms. The molecule has 2 unspecified atom stereocenters.